The van der Waals surface area contributed by atoms with E-state index >= 15 is 0 Å². The van der Waals surface area contributed by atoms with Gasteiger partial charge in [-0.05, 0) is 31.9 Å². The second-order valence-corrected chi connectivity index (χ2v) is 6.64. The van der Waals surface area contributed by atoms with E-state index in [2.05, 4.69) is 12.2 Å². The molecule has 0 aliphatic carbocycles. The van der Waals surface area contributed by atoms with Gasteiger partial charge in [0.2, 0.25) is 5.91 Å². The summed E-state index contributed by atoms with van der Waals surface area (Å²) in [5, 5.41) is 2.97. The van der Waals surface area contributed by atoms with Crippen LogP contribution in [0.1, 0.15) is 33.1 Å². The van der Waals surface area contributed by atoms with Gasteiger partial charge in [0.05, 0.1) is 10.9 Å². The Morgan fingerprint density at radius 1 is 1.69 bits per heavy atom. The minimum Gasteiger partial charge on any atom is -0.393 e. The lowest BCUT2D eigenvalue weighted by Crippen LogP contribution is -2.43. The number of rotatable bonds is 5. The van der Waals surface area contributed by atoms with E-state index in [1.54, 1.807) is 0 Å². The Hall–Kier alpha value is -0.290. The van der Waals surface area contributed by atoms with Gasteiger partial charge >= 0.3 is 0 Å². The van der Waals surface area contributed by atoms with Gasteiger partial charge in [-0.1, -0.05) is 19.1 Å². The molecule has 0 aromatic heterocycles. The SMILES string of the molecule is CCC(C(=O)NCC1(C)CCCS1)C(N)=S. The van der Waals surface area contributed by atoms with Crippen molar-refractivity contribution in [3.63, 3.8) is 0 Å². The standard InChI is InChI=1S/C11H20N2OS2/c1-3-8(9(12)15)10(14)13-7-11(2)5-4-6-16-11/h8H,3-7H2,1-2H3,(H2,12,15)(H,13,14). The van der Waals surface area contributed by atoms with Crippen LogP contribution in [0.4, 0.5) is 0 Å². The topological polar surface area (TPSA) is 55.1 Å². The van der Waals surface area contributed by atoms with Gasteiger partial charge < -0.3 is 11.1 Å². The molecule has 1 aliphatic heterocycles. The maximum atomic E-state index is 11.8. The molecule has 2 unspecified atom stereocenters. The summed E-state index contributed by atoms with van der Waals surface area (Å²) in [6.45, 7) is 4.84. The van der Waals surface area contributed by atoms with Gasteiger partial charge in [-0.15, -0.1) is 0 Å². The van der Waals surface area contributed by atoms with Crippen LogP contribution in [0.3, 0.4) is 0 Å². The van der Waals surface area contributed by atoms with Crippen molar-refractivity contribution in [3.8, 4) is 0 Å². The van der Waals surface area contributed by atoms with Crippen molar-refractivity contribution >= 4 is 34.9 Å². The van der Waals surface area contributed by atoms with Crippen LogP contribution >= 0.6 is 24.0 Å². The second-order valence-electron chi connectivity index (χ2n) is 4.48. The smallest absolute Gasteiger partial charge is 0.229 e. The zero-order valence-electron chi connectivity index (χ0n) is 9.91. The molecule has 2 atom stereocenters. The summed E-state index contributed by atoms with van der Waals surface area (Å²) < 4.78 is 0.199. The van der Waals surface area contributed by atoms with E-state index in [4.69, 9.17) is 18.0 Å². The highest BCUT2D eigenvalue weighted by molar-refractivity contribution is 8.00. The van der Waals surface area contributed by atoms with Gasteiger partial charge in [-0.3, -0.25) is 4.79 Å². The lowest BCUT2D eigenvalue weighted by molar-refractivity contribution is -0.123. The summed E-state index contributed by atoms with van der Waals surface area (Å²) in [6.07, 6.45) is 3.08. The lowest BCUT2D eigenvalue weighted by Gasteiger charge is -2.24. The molecule has 1 aliphatic rings. The van der Waals surface area contributed by atoms with Crippen molar-refractivity contribution in [3.05, 3.63) is 0 Å². The van der Waals surface area contributed by atoms with Gasteiger partial charge in [0.25, 0.3) is 0 Å². The summed E-state index contributed by atoms with van der Waals surface area (Å²) in [5.74, 6) is 0.854. The van der Waals surface area contributed by atoms with E-state index in [9.17, 15) is 4.79 Å². The normalized spacial score (nSPS) is 26.4. The summed E-state index contributed by atoms with van der Waals surface area (Å²) in [6, 6.07) is 0. The van der Waals surface area contributed by atoms with Crippen molar-refractivity contribution in [1.82, 2.24) is 5.32 Å². The molecule has 1 saturated heterocycles. The van der Waals surface area contributed by atoms with E-state index in [0.717, 1.165) is 6.54 Å². The van der Waals surface area contributed by atoms with Crippen molar-refractivity contribution in [2.75, 3.05) is 12.3 Å². The molecule has 3 nitrogen and oxygen atoms in total. The number of nitrogens with one attached hydrogen (secondary N) is 1. The number of amides is 1. The molecule has 1 rings (SSSR count). The fourth-order valence-corrected chi connectivity index (χ4v) is 3.41. The molecule has 0 aromatic rings. The number of thioether (sulfide) groups is 1. The third-order valence-corrected chi connectivity index (χ3v) is 4.83. The predicted molar refractivity (Wildman–Crippen MR) is 73.7 cm³/mol. The molecule has 0 saturated carbocycles. The highest BCUT2D eigenvalue weighted by Crippen LogP contribution is 2.36. The second kappa shape index (κ2) is 5.87. The maximum absolute atomic E-state index is 11.8. The van der Waals surface area contributed by atoms with Gasteiger partial charge in [-0.25, -0.2) is 0 Å². The Balaban J connectivity index is 2.42. The molecule has 5 heteroatoms. The Morgan fingerprint density at radius 3 is 2.81 bits per heavy atom. The fourth-order valence-electron chi connectivity index (χ4n) is 1.89. The zero-order chi connectivity index (χ0) is 12.2. The first-order valence-corrected chi connectivity index (χ1v) is 7.09. The molecule has 92 valence electrons. The fraction of sp³-hybridized carbons (Fsp3) is 0.818. The number of nitrogens with two attached hydrogens (primary N) is 1. The van der Waals surface area contributed by atoms with Crippen LogP contribution in [0.5, 0.6) is 0 Å². The van der Waals surface area contributed by atoms with E-state index in [1.807, 2.05) is 18.7 Å². The predicted octanol–water partition coefficient (Wildman–Crippen LogP) is 1.70. The number of carbonyl (C=O) groups excluding carboxylic acids is 1. The van der Waals surface area contributed by atoms with Crippen molar-refractivity contribution in [2.45, 2.75) is 37.9 Å². The third-order valence-electron chi connectivity index (χ3n) is 3.01. The zero-order valence-corrected chi connectivity index (χ0v) is 11.5. The highest BCUT2D eigenvalue weighted by atomic mass is 32.2. The highest BCUT2D eigenvalue weighted by Gasteiger charge is 2.30. The summed E-state index contributed by atoms with van der Waals surface area (Å²) in [5.41, 5.74) is 5.53. The molecule has 0 spiro atoms. The molecule has 1 fully saturated rings. The first kappa shape index (κ1) is 13.8. The number of carbonyl (C=O) groups is 1. The molecule has 0 bridgehead atoms. The van der Waals surface area contributed by atoms with Crippen LogP contribution in [-0.2, 0) is 4.79 Å². The van der Waals surface area contributed by atoms with Gasteiger partial charge in [0.15, 0.2) is 0 Å². The van der Waals surface area contributed by atoms with E-state index < -0.39 is 0 Å². The van der Waals surface area contributed by atoms with Crippen LogP contribution in [0.25, 0.3) is 0 Å². The number of hydrogen-bond acceptors (Lipinski definition) is 3. The Morgan fingerprint density at radius 2 is 2.38 bits per heavy atom. The Bertz CT molecular complexity index is 275. The number of hydrogen-bond donors (Lipinski definition) is 2. The first-order valence-electron chi connectivity index (χ1n) is 5.69. The molecule has 1 heterocycles. The Labute approximate surface area is 107 Å². The molecule has 1 amide bonds. The summed E-state index contributed by atoms with van der Waals surface area (Å²) in [4.78, 5) is 12.1. The quantitative estimate of drug-likeness (QED) is 0.739. The molecule has 0 radical (unpaired) electrons. The van der Waals surface area contributed by atoms with Gasteiger partial charge in [-0.2, -0.15) is 11.8 Å². The molecular formula is C11H20N2OS2. The van der Waals surface area contributed by atoms with Crippen LogP contribution in [0.15, 0.2) is 0 Å². The minimum absolute atomic E-state index is 0.0243. The molecule has 3 N–H and O–H groups in total. The Kier molecular flexibility index (Phi) is 5.05. The summed E-state index contributed by atoms with van der Waals surface area (Å²) >= 11 is 6.82. The van der Waals surface area contributed by atoms with Gasteiger partial charge in [0.1, 0.15) is 0 Å². The largest absolute Gasteiger partial charge is 0.393 e. The van der Waals surface area contributed by atoms with Crippen LogP contribution in [0, 0.1) is 5.92 Å². The van der Waals surface area contributed by atoms with E-state index in [1.165, 1.54) is 18.6 Å². The van der Waals surface area contributed by atoms with E-state index in [0.29, 0.717) is 11.4 Å². The van der Waals surface area contributed by atoms with Crippen molar-refractivity contribution in [2.24, 2.45) is 11.7 Å². The van der Waals surface area contributed by atoms with Crippen LogP contribution in [-0.4, -0.2) is 27.9 Å². The minimum atomic E-state index is -0.315. The number of thiocarbonyl (C=S) groups is 1. The average Bonchev–Trinajstić information content (AvgIpc) is 2.63. The third kappa shape index (κ3) is 3.63. The average molecular weight is 260 g/mol. The molecular weight excluding hydrogens is 240 g/mol. The van der Waals surface area contributed by atoms with Crippen LogP contribution < -0.4 is 11.1 Å². The molecule has 16 heavy (non-hydrogen) atoms. The molecule has 0 aromatic carbocycles. The maximum Gasteiger partial charge on any atom is 0.229 e. The first-order chi connectivity index (χ1) is 7.48. The monoisotopic (exact) mass is 260 g/mol. The van der Waals surface area contributed by atoms with Crippen molar-refractivity contribution < 1.29 is 4.79 Å². The van der Waals surface area contributed by atoms with Gasteiger partial charge in [0, 0.05) is 11.3 Å². The summed E-state index contributed by atoms with van der Waals surface area (Å²) in [7, 11) is 0. The van der Waals surface area contributed by atoms with Crippen LogP contribution in [0.2, 0.25) is 0 Å². The van der Waals surface area contributed by atoms with E-state index in [-0.39, 0.29) is 16.6 Å². The van der Waals surface area contributed by atoms with Crippen molar-refractivity contribution in [1.29, 1.82) is 0 Å². The lowest BCUT2D eigenvalue weighted by atomic mass is 10.0.